The third kappa shape index (κ3) is 4.65. The second-order valence-corrected chi connectivity index (χ2v) is 9.53. The van der Waals surface area contributed by atoms with Crippen molar-refractivity contribution in [3.63, 3.8) is 0 Å². The number of thioether (sulfide) groups is 1. The normalized spacial score (nSPS) is 19.7. The zero-order chi connectivity index (χ0) is 18.6. The number of amides is 1. The summed E-state index contributed by atoms with van der Waals surface area (Å²) in [5.41, 5.74) is 0.780. The van der Waals surface area contributed by atoms with Crippen molar-refractivity contribution >= 4 is 27.5 Å². The molecule has 138 valence electrons. The van der Waals surface area contributed by atoms with Crippen molar-refractivity contribution in [2.75, 3.05) is 24.6 Å². The maximum atomic E-state index is 12.9. The summed E-state index contributed by atoms with van der Waals surface area (Å²) in [5.74, 6) is -0.227. The highest BCUT2D eigenvalue weighted by Gasteiger charge is 2.32. The van der Waals surface area contributed by atoms with Gasteiger partial charge in [-0.05, 0) is 36.2 Å². The molecule has 0 aromatic heterocycles. The van der Waals surface area contributed by atoms with Crippen LogP contribution in [0.3, 0.4) is 0 Å². The molecule has 0 N–H and O–H groups in total. The molecule has 1 aliphatic heterocycles. The first-order chi connectivity index (χ1) is 12.5. The first-order valence-electron chi connectivity index (χ1n) is 8.38. The van der Waals surface area contributed by atoms with E-state index in [1.807, 2.05) is 30.3 Å². The Labute approximate surface area is 157 Å². The van der Waals surface area contributed by atoms with Gasteiger partial charge in [-0.3, -0.25) is 4.79 Å². The molecule has 1 heterocycles. The molecule has 2 aromatic carbocycles. The number of hydrogen-bond acceptors (Lipinski definition) is 4. The maximum Gasteiger partial charge on any atom is 0.232 e. The maximum absolute atomic E-state index is 12.9. The number of carbonyl (C=O) groups excluding carboxylic acids is 1. The Morgan fingerprint density at radius 1 is 1.08 bits per heavy atom. The summed E-state index contributed by atoms with van der Waals surface area (Å²) in [6.07, 6.45) is 0.402. The van der Waals surface area contributed by atoms with Crippen molar-refractivity contribution < 1.29 is 17.6 Å². The molecule has 1 unspecified atom stereocenters. The van der Waals surface area contributed by atoms with Gasteiger partial charge in [0.25, 0.3) is 0 Å². The lowest BCUT2D eigenvalue weighted by atomic mass is 10.1. The van der Waals surface area contributed by atoms with E-state index in [9.17, 15) is 17.6 Å². The molecule has 1 fully saturated rings. The Hall–Kier alpha value is -1.86. The summed E-state index contributed by atoms with van der Waals surface area (Å²) >= 11 is 1.33. The minimum atomic E-state index is -3.29. The standard InChI is InChI=1S/C19H20FNO3S2/c20-16-6-8-17(9-7-16)25-14-19(22)21-11-10-18(26(23,24)13-12-21)15-4-2-1-3-5-15/h1-9,18H,10-14H2. The van der Waals surface area contributed by atoms with Crippen LogP contribution < -0.4 is 0 Å². The van der Waals surface area contributed by atoms with Crippen molar-refractivity contribution in [3.05, 3.63) is 66.0 Å². The Bertz CT molecular complexity index is 854. The van der Waals surface area contributed by atoms with E-state index in [-0.39, 0.29) is 29.8 Å². The summed E-state index contributed by atoms with van der Waals surface area (Å²) in [4.78, 5) is 14.9. The van der Waals surface area contributed by atoms with E-state index < -0.39 is 15.1 Å². The monoisotopic (exact) mass is 393 g/mol. The first kappa shape index (κ1) is 18.9. The lowest BCUT2D eigenvalue weighted by molar-refractivity contribution is -0.128. The van der Waals surface area contributed by atoms with Gasteiger partial charge in [0.05, 0.1) is 16.8 Å². The third-order valence-electron chi connectivity index (χ3n) is 4.44. The minimum Gasteiger partial charge on any atom is -0.341 e. The van der Waals surface area contributed by atoms with Crippen LogP contribution in [0.15, 0.2) is 59.5 Å². The van der Waals surface area contributed by atoms with Crippen LogP contribution in [0.2, 0.25) is 0 Å². The number of benzene rings is 2. The van der Waals surface area contributed by atoms with Crippen LogP contribution in [0.4, 0.5) is 4.39 Å². The predicted octanol–water partition coefficient (Wildman–Crippen LogP) is 3.31. The fourth-order valence-electron chi connectivity index (χ4n) is 3.00. The Balaban J connectivity index is 1.63. The van der Waals surface area contributed by atoms with Gasteiger partial charge in [0.15, 0.2) is 9.84 Å². The number of halogens is 1. The van der Waals surface area contributed by atoms with E-state index >= 15 is 0 Å². The average molecular weight is 394 g/mol. The molecule has 1 saturated heterocycles. The van der Waals surface area contributed by atoms with Gasteiger partial charge in [0.1, 0.15) is 5.82 Å². The molecule has 7 heteroatoms. The summed E-state index contributed by atoms with van der Waals surface area (Å²) in [6.45, 7) is 0.635. The van der Waals surface area contributed by atoms with Crippen molar-refractivity contribution in [2.24, 2.45) is 0 Å². The van der Waals surface area contributed by atoms with Crippen LogP contribution in [0.5, 0.6) is 0 Å². The zero-order valence-corrected chi connectivity index (χ0v) is 15.8. The van der Waals surface area contributed by atoms with Gasteiger partial charge in [-0.15, -0.1) is 11.8 Å². The summed E-state index contributed by atoms with van der Waals surface area (Å²) in [7, 11) is -3.29. The van der Waals surface area contributed by atoms with E-state index in [2.05, 4.69) is 0 Å². The molecule has 1 amide bonds. The highest BCUT2D eigenvalue weighted by molar-refractivity contribution is 8.00. The van der Waals surface area contributed by atoms with Crippen LogP contribution in [0, 0.1) is 5.82 Å². The topological polar surface area (TPSA) is 54.5 Å². The molecule has 0 radical (unpaired) electrons. The summed E-state index contributed by atoms with van der Waals surface area (Å²) < 4.78 is 38.1. The molecule has 26 heavy (non-hydrogen) atoms. The summed E-state index contributed by atoms with van der Waals surface area (Å²) in [5, 5.41) is -0.564. The molecule has 0 saturated carbocycles. The van der Waals surface area contributed by atoms with Gasteiger partial charge in [-0.2, -0.15) is 0 Å². The highest BCUT2D eigenvalue weighted by atomic mass is 32.2. The SMILES string of the molecule is O=C(CSc1ccc(F)cc1)N1CCC(c2ccccc2)S(=O)(=O)CC1. The van der Waals surface area contributed by atoms with E-state index in [1.165, 1.54) is 23.9 Å². The number of nitrogens with zero attached hydrogens (tertiary/aromatic N) is 1. The van der Waals surface area contributed by atoms with Crippen LogP contribution in [-0.4, -0.2) is 43.8 Å². The lowest BCUT2D eigenvalue weighted by Crippen LogP contribution is -2.34. The predicted molar refractivity (Wildman–Crippen MR) is 101 cm³/mol. The molecular weight excluding hydrogens is 373 g/mol. The number of hydrogen-bond donors (Lipinski definition) is 0. The molecule has 0 aliphatic carbocycles. The largest absolute Gasteiger partial charge is 0.341 e. The van der Waals surface area contributed by atoms with E-state index in [1.54, 1.807) is 17.0 Å². The molecule has 0 bridgehead atoms. The van der Waals surface area contributed by atoms with E-state index in [0.717, 1.165) is 10.5 Å². The van der Waals surface area contributed by atoms with E-state index in [4.69, 9.17) is 0 Å². The molecule has 0 spiro atoms. The van der Waals surface area contributed by atoms with Crippen LogP contribution >= 0.6 is 11.8 Å². The second kappa shape index (κ2) is 8.22. The molecule has 3 rings (SSSR count). The second-order valence-electron chi connectivity index (χ2n) is 6.18. The molecule has 1 atom stereocenters. The van der Waals surface area contributed by atoms with Gasteiger partial charge in [-0.25, -0.2) is 12.8 Å². The highest BCUT2D eigenvalue weighted by Crippen LogP contribution is 2.29. The molecule has 4 nitrogen and oxygen atoms in total. The van der Waals surface area contributed by atoms with Gasteiger partial charge in [-0.1, -0.05) is 30.3 Å². The number of carbonyl (C=O) groups is 1. The minimum absolute atomic E-state index is 0.0283. The molecular formula is C19H20FNO3S2. The van der Waals surface area contributed by atoms with E-state index in [0.29, 0.717) is 13.0 Å². The van der Waals surface area contributed by atoms with Gasteiger partial charge >= 0.3 is 0 Å². The molecule has 1 aliphatic rings. The fraction of sp³-hybridized carbons (Fsp3) is 0.316. The number of sulfone groups is 1. The molecule has 2 aromatic rings. The van der Waals surface area contributed by atoms with Crippen molar-refractivity contribution in [2.45, 2.75) is 16.6 Å². The quantitative estimate of drug-likeness (QED) is 0.748. The number of rotatable bonds is 4. The summed E-state index contributed by atoms with van der Waals surface area (Å²) in [6, 6.07) is 15.1. The van der Waals surface area contributed by atoms with Gasteiger partial charge in [0, 0.05) is 18.0 Å². The van der Waals surface area contributed by atoms with Crippen molar-refractivity contribution in [1.29, 1.82) is 0 Å². The Kier molecular flexibility index (Phi) is 5.98. The van der Waals surface area contributed by atoms with Crippen LogP contribution in [0.25, 0.3) is 0 Å². The van der Waals surface area contributed by atoms with Crippen LogP contribution in [-0.2, 0) is 14.6 Å². The first-order valence-corrected chi connectivity index (χ1v) is 11.1. The fourth-order valence-corrected chi connectivity index (χ4v) is 5.60. The van der Waals surface area contributed by atoms with Gasteiger partial charge in [0.2, 0.25) is 5.91 Å². The van der Waals surface area contributed by atoms with Gasteiger partial charge < -0.3 is 4.90 Å². The average Bonchev–Trinajstić information content (AvgIpc) is 2.80. The van der Waals surface area contributed by atoms with Crippen molar-refractivity contribution in [1.82, 2.24) is 4.90 Å². The van der Waals surface area contributed by atoms with Crippen molar-refractivity contribution in [3.8, 4) is 0 Å². The Morgan fingerprint density at radius 3 is 2.46 bits per heavy atom. The Morgan fingerprint density at radius 2 is 1.77 bits per heavy atom. The smallest absolute Gasteiger partial charge is 0.232 e. The van der Waals surface area contributed by atoms with Crippen LogP contribution in [0.1, 0.15) is 17.2 Å². The lowest BCUT2D eigenvalue weighted by Gasteiger charge is -2.19. The zero-order valence-electron chi connectivity index (χ0n) is 14.2. The third-order valence-corrected chi connectivity index (χ3v) is 7.56.